The average Bonchev–Trinajstić information content (AvgIpc) is 3.05. The molecule has 0 spiro atoms. The number of hydrogen-bond acceptors (Lipinski definition) is 4. The van der Waals surface area contributed by atoms with Crippen molar-refractivity contribution in [2.45, 2.75) is 31.3 Å². The number of carbonyl (C=O) groups is 2. The number of carbonyl (C=O) groups excluding carboxylic acids is 1. The molecule has 4 N–H and O–H groups in total. The van der Waals surface area contributed by atoms with E-state index in [0.717, 1.165) is 18.6 Å². The lowest BCUT2D eigenvalue weighted by atomic mass is 10.1. The largest absolute Gasteiger partial charge is 0.480 e. The van der Waals surface area contributed by atoms with Gasteiger partial charge < -0.3 is 16.2 Å². The van der Waals surface area contributed by atoms with Crippen LogP contribution in [0.1, 0.15) is 19.3 Å². The first-order valence-corrected chi connectivity index (χ1v) is 6.73. The highest BCUT2D eigenvalue weighted by molar-refractivity contribution is 7.98. The fraction of sp³-hybridized carbons (Fsp3) is 0.800. The highest BCUT2D eigenvalue weighted by Gasteiger charge is 2.37. The molecule has 92 valence electrons. The number of nitrogens with two attached hydrogens (primary N) is 1. The maximum absolute atomic E-state index is 11.6. The van der Waals surface area contributed by atoms with Crippen molar-refractivity contribution in [1.29, 1.82) is 0 Å². The zero-order chi connectivity index (χ0) is 12.1. The molecule has 1 rings (SSSR count). The van der Waals surface area contributed by atoms with Crippen LogP contribution in [0.5, 0.6) is 0 Å². The van der Waals surface area contributed by atoms with Crippen LogP contribution in [0.25, 0.3) is 0 Å². The second-order valence-corrected chi connectivity index (χ2v) is 5.04. The fourth-order valence-corrected chi connectivity index (χ4v) is 1.94. The van der Waals surface area contributed by atoms with Gasteiger partial charge in [0.2, 0.25) is 5.91 Å². The third kappa shape index (κ3) is 4.02. The molecule has 1 aliphatic rings. The summed E-state index contributed by atoms with van der Waals surface area (Å²) in [4.78, 5) is 22.5. The van der Waals surface area contributed by atoms with Gasteiger partial charge in [-0.2, -0.15) is 11.8 Å². The fourth-order valence-electron chi connectivity index (χ4n) is 1.45. The summed E-state index contributed by atoms with van der Waals surface area (Å²) in [5, 5.41) is 11.4. The van der Waals surface area contributed by atoms with Gasteiger partial charge in [0, 0.05) is 0 Å². The van der Waals surface area contributed by atoms with Crippen LogP contribution in [0.2, 0.25) is 0 Å². The van der Waals surface area contributed by atoms with Crippen molar-refractivity contribution in [1.82, 2.24) is 5.32 Å². The molecule has 0 heterocycles. The molecular weight excluding hydrogens is 228 g/mol. The Hall–Kier alpha value is -0.750. The van der Waals surface area contributed by atoms with Crippen molar-refractivity contribution < 1.29 is 14.7 Å². The predicted octanol–water partition coefficient (Wildman–Crippen LogP) is 0.0462. The summed E-state index contributed by atoms with van der Waals surface area (Å²) in [5.41, 5.74) is 5.65. The van der Waals surface area contributed by atoms with Gasteiger partial charge in [-0.05, 0) is 37.2 Å². The zero-order valence-corrected chi connectivity index (χ0v) is 10.1. The highest BCUT2D eigenvalue weighted by atomic mass is 32.2. The molecule has 1 unspecified atom stereocenters. The molecular formula is C10H18N2O3S. The summed E-state index contributed by atoms with van der Waals surface area (Å²) < 4.78 is 0. The maximum Gasteiger partial charge on any atom is 0.326 e. The Morgan fingerprint density at radius 2 is 2.19 bits per heavy atom. The lowest BCUT2D eigenvalue weighted by molar-refractivity contribution is -0.142. The lowest BCUT2D eigenvalue weighted by Crippen LogP contribution is -2.49. The second kappa shape index (κ2) is 6.10. The molecule has 0 aromatic carbocycles. The third-order valence-corrected chi connectivity index (χ3v) is 3.27. The quantitative estimate of drug-likeness (QED) is 0.590. The molecule has 6 heteroatoms. The minimum Gasteiger partial charge on any atom is -0.480 e. The number of aliphatic carboxylic acids is 1. The Morgan fingerprint density at radius 3 is 2.62 bits per heavy atom. The number of hydrogen-bond donors (Lipinski definition) is 3. The van der Waals surface area contributed by atoms with Crippen molar-refractivity contribution in [2.24, 2.45) is 11.7 Å². The van der Waals surface area contributed by atoms with Crippen molar-refractivity contribution in [3.8, 4) is 0 Å². The minimum atomic E-state index is -0.965. The topological polar surface area (TPSA) is 92.4 Å². The van der Waals surface area contributed by atoms with Gasteiger partial charge in [-0.25, -0.2) is 4.79 Å². The van der Waals surface area contributed by atoms with Gasteiger partial charge in [0.15, 0.2) is 0 Å². The number of amides is 1. The van der Waals surface area contributed by atoms with Gasteiger partial charge in [0.25, 0.3) is 0 Å². The first kappa shape index (κ1) is 13.3. The Bertz CT molecular complexity index is 269. The first-order chi connectivity index (χ1) is 7.56. The molecule has 0 saturated heterocycles. The van der Waals surface area contributed by atoms with E-state index in [1.54, 1.807) is 11.8 Å². The molecule has 0 aromatic rings. The van der Waals surface area contributed by atoms with Crippen LogP contribution in [-0.2, 0) is 9.59 Å². The smallest absolute Gasteiger partial charge is 0.326 e. The molecule has 1 saturated carbocycles. The van der Waals surface area contributed by atoms with Gasteiger partial charge >= 0.3 is 5.97 Å². The molecule has 1 aliphatic carbocycles. The van der Waals surface area contributed by atoms with Crippen molar-refractivity contribution in [2.75, 3.05) is 12.0 Å². The van der Waals surface area contributed by atoms with Crippen molar-refractivity contribution in [3.05, 3.63) is 0 Å². The monoisotopic (exact) mass is 246 g/mol. The van der Waals surface area contributed by atoms with Gasteiger partial charge in [-0.1, -0.05) is 0 Å². The molecule has 2 atom stereocenters. The van der Waals surface area contributed by atoms with Crippen LogP contribution in [0.4, 0.5) is 0 Å². The summed E-state index contributed by atoms with van der Waals surface area (Å²) in [5.74, 6) is -0.425. The van der Waals surface area contributed by atoms with Gasteiger partial charge in [-0.3, -0.25) is 4.79 Å². The zero-order valence-electron chi connectivity index (χ0n) is 9.31. The van der Waals surface area contributed by atoms with E-state index >= 15 is 0 Å². The van der Waals surface area contributed by atoms with Crippen molar-refractivity contribution >= 4 is 23.6 Å². The third-order valence-electron chi connectivity index (χ3n) is 2.63. The van der Waals surface area contributed by atoms with Gasteiger partial charge in [0.05, 0.1) is 6.04 Å². The Labute approximate surface area is 99.1 Å². The van der Waals surface area contributed by atoms with Gasteiger partial charge in [-0.15, -0.1) is 0 Å². The number of carboxylic acid groups (broad SMARTS) is 1. The maximum atomic E-state index is 11.6. The molecule has 1 amide bonds. The van der Waals surface area contributed by atoms with E-state index in [1.807, 2.05) is 6.26 Å². The number of carboxylic acids is 1. The summed E-state index contributed by atoms with van der Waals surface area (Å²) in [7, 11) is 0. The molecule has 16 heavy (non-hydrogen) atoms. The molecule has 0 aromatic heterocycles. The normalized spacial score (nSPS) is 18.9. The average molecular weight is 246 g/mol. The molecule has 0 aliphatic heterocycles. The van der Waals surface area contributed by atoms with Crippen molar-refractivity contribution in [3.63, 3.8) is 0 Å². The highest BCUT2D eigenvalue weighted by Crippen LogP contribution is 2.32. The lowest BCUT2D eigenvalue weighted by Gasteiger charge is -2.17. The van der Waals surface area contributed by atoms with E-state index in [2.05, 4.69) is 5.32 Å². The second-order valence-electron chi connectivity index (χ2n) is 4.05. The summed E-state index contributed by atoms with van der Waals surface area (Å²) in [6.07, 6.45) is 4.26. The molecule has 0 bridgehead atoms. The predicted molar refractivity (Wildman–Crippen MR) is 63.3 cm³/mol. The summed E-state index contributed by atoms with van der Waals surface area (Å²) >= 11 is 1.61. The Balaban J connectivity index is 2.38. The van der Waals surface area contributed by atoms with Crippen LogP contribution in [0, 0.1) is 5.92 Å². The van der Waals surface area contributed by atoms with Crippen LogP contribution in [-0.4, -0.2) is 41.1 Å². The van der Waals surface area contributed by atoms with Crippen LogP contribution >= 0.6 is 11.8 Å². The Kier molecular flexibility index (Phi) is 5.08. The molecule has 1 fully saturated rings. The first-order valence-electron chi connectivity index (χ1n) is 5.34. The Morgan fingerprint density at radius 1 is 1.56 bits per heavy atom. The number of thioether (sulfide) groups is 1. The summed E-state index contributed by atoms with van der Waals surface area (Å²) in [6, 6.07) is -1.36. The molecule has 5 nitrogen and oxygen atoms in total. The van der Waals surface area contributed by atoms with Crippen LogP contribution in [0.3, 0.4) is 0 Å². The van der Waals surface area contributed by atoms with E-state index in [1.165, 1.54) is 0 Å². The minimum absolute atomic E-state index is 0.0919. The number of rotatable bonds is 7. The van der Waals surface area contributed by atoms with Crippen LogP contribution in [0.15, 0.2) is 0 Å². The summed E-state index contributed by atoms with van der Waals surface area (Å²) in [6.45, 7) is 0. The standard InChI is InChI=1S/C10H18N2O3S/c1-16-5-4-7(11)9(13)12-8(10(14)15)6-2-3-6/h6-8H,2-5,11H2,1H3,(H,12,13)(H,14,15)/t7-,8?/m0/s1. The van der Waals surface area contributed by atoms with E-state index in [4.69, 9.17) is 10.8 Å². The van der Waals surface area contributed by atoms with E-state index in [9.17, 15) is 9.59 Å². The van der Waals surface area contributed by atoms with Crippen LogP contribution < -0.4 is 11.1 Å². The van der Waals surface area contributed by atoms with E-state index < -0.39 is 18.1 Å². The molecule has 0 radical (unpaired) electrons. The van der Waals surface area contributed by atoms with Gasteiger partial charge in [0.1, 0.15) is 6.04 Å². The van der Waals surface area contributed by atoms with E-state index in [0.29, 0.717) is 6.42 Å². The SMILES string of the molecule is CSCC[C@H](N)C(=O)NC(C(=O)O)C1CC1. The number of nitrogens with one attached hydrogen (secondary N) is 1. The van der Waals surface area contributed by atoms with E-state index in [-0.39, 0.29) is 11.8 Å².